The van der Waals surface area contributed by atoms with Crippen molar-refractivity contribution in [2.24, 2.45) is 0 Å². The maximum atomic E-state index is 5.82. The SMILES string of the molecule is C#CC(CC)Nc1cccc(Cl)c1. The van der Waals surface area contributed by atoms with Crippen molar-refractivity contribution in [2.75, 3.05) is 5.32 Å². The summed E-state index contributed by atoms with van der Waals surface area (Å²) < 4.78 is 0. The molecular formula is C11H12ClN. The Morgan fingerprint density at radius 2 is 2.38 bits per heavy atom. The van der Waals surface area contributed by atoms with E-state index in [1.54, 1.807) is 0 Å². The van der Waals surface area contributed by atoms with Gasteiger partial charge in [-0.2, -0.15) is 0 Å². The molecule has 2 heteroatoms. The molecule has 0 heterocycles. The van der Waals surface area contributed by atoms with Crippen LogP contribution in [-0.4, -0.2) is 6.04 Å². The third-order valence-electron chi connectivity index (χ3n) is 1.77. The zero-order chi connectivity index (χ0) is 9.68. The van der Waals surface area contributed by atoms with Gasteiger partial charge in [-0.25, -0.2) is 0 Å². The van der Waals surface area contributed by atoms with Crippen LogP contribution >= 0.6 is 11.6 Å². The van der Waals surface area contributed by atoms with Gasteiger partial charge in [-0.15, -0.1) is 6.42 Å². The Morgan fingerprint density at radius 1 is 1.62 bits per heavy atom. The second-order valence-corrected chi connectivity index (χ2v) is 3.22. The molecule has 1 nitrogen and oxygen atoms in total. The topological polar surface area (TPSA) is 12.0 Å². The molecule has 1 aromatic carbocycles. The molecule has 13 heavy (non-hydrogen) atoms. The Hall–Kier alpha value is -1.13. The van der Waals surface area contributed by atoms with Gasteiger partial charge in [-0.1, -0.05) is 30.5 Å². The summed E-state index contributed by atoms with van der Waals surface area (Å²) in [6.07, 6.45) is 6.23. The fourth-order valence-corrected chi connectivity index (χ4v) is 1.23. The molecular weight excluding hydrogens is 182 g/mol. The molecule has 0 saturated heterocycles. The van der Waals surface area contributed by atoms with Gasteiger partial charge in [0.1, 0.15) is 0 Å². The first-order chi connectivity index (χ1) is 6.26. The first kappa shape index (κ1) is 9.95. The monoisotopic (exact) mass is 193 g/mol. The molecule has 1 unspecified atom stereocenters. The van der Waals surface area contributed by atoms with E-state index in [-0.39, 0.29) is 6.04 Å². The van der Waals surface area contributed by atoms with Gasteiger partial charge in [0.05, 0.1) is 6.04 Å². The highest BCUT2D eigenvalue weighted by Crippen LogP contribution is 2.15. The zero-order valence-electron chi connectivity index (χ0n) is 7.55. The first-order valence-electron chi connectivity index (χ1n) is 4.24. The van der Waals surface area contributed by atoms with Crippen LogP contribution in [0.2, 0.25) is 5.02 Å². The molecule has 0 saturated carbocycles. The zero-order valence-corrected chi connectivity index (χ0v) is 8.31. The summed E-state index contributed by atoms with van der Waals surface area (Å²) in [6.45, 7) is 2.04. The average Bonchev–Trinajstić information content (AvgIpc) is 2.14. The van der Waals surface area contributed by atoms with Crippen molar-refractivity contribution in [3.63, 3.8) is 0 Å². The average molecular weight is 194 g/mol. The van der Waals surface area contributed by atoms with Gasteiger partial charge >= 0.3 is 0 Å². The van der Waals surface area contributed by atoms with Gasteiger partial charge in [0.15, 0.2) is 0 Å². The smallest absolute Gasteiger partial charge is 0.0871 e. The molecule has 0 aliphatic heterocycles. The van der Waals surface area contributed by atoms with Crippen LogP contribution in [0.3, 0.4) is 0 Å². The van der Waals surface area contributed by atoms with Gasteiger partial charge in [0.2, 0.25) is 0 Å². The van der Waals surface area contributed by atoms with Crippen molar-refractivity contribution < 1.29 is 0 Å². The number of hydrogen-bond donors (Lipinski definition) is 1. The lowest BCUT2D eigenvalue weighted by Gasteiger charge is -2.11. The molecule has 0 amide bonds. The van der Waals surface area contributed by atoms with Crippen molar-refractivity contribution in [3.8, 4) is 12.3 Å². The number of nitrogens with one attached hydrogen (secondary N) is 1. The molecule has 0 aromatic heterocycles. The van der Waals surface area contributed by atoms with Crippen molar-refractivity contribution in [3.05, 3.63) is 29.3 Å². The second-order valence-electron chi connectivity index (χ2n) is 2.78. The van der Waals surface area contributed by atoms with E-state index in [4.69, 9.17) is 18.0 Å². The standard InChI is InChI=1S/C11H12ClN/c1-3-10(4-2)13-11-7-5-6-9(12)8-11/h1,5-8,10,13H,4H2,2H3. The highest BCUT2D eigenvalue weighted by Gasteiger charge is 2.00. The Labute approximate surface area is 84.1 Å². The predicted octanol–water partition coefficient (Wildman–Crippen LogP) is 3.16. The lowest BCUT2D eigenvalue weighted by atomic mass is 10.2. The minimum Gasteiger partial charge on any atom is -0.372 e. The molecule has 1 aromatic rings. The fourth-order valence-electron chi connectivity index (χ4n) is 1.04. The van der Waals surface area contributed by atoms with Crippen molar-refractivity contribution >= 4 is 17.3 Å². The van der Waals surface area contributed by atoms with E-state index < -0.39 is 0 Å². The summed E-state index contributed by atoms with van der Waals surface area (Å²) in [5.41, 5.74) is 0.970. The number of halogens is 1. The van der Waals surface area contributed by atoms with E-state index in [2.05, 4.69) is 11.2 Å². The van der Waals surface area contributed by atoms with Crippen LogP contribution in [-0.2, 0) is 0 Å². The summed E-state index contributed by atoms with van der Waals surface area (Å²) in [5, 5.41) is 3.92. The Balaban J connectivity index is 2.69. The van der Waals surface area contributed by atoms with Crippen molar-refractivity contribution in [1.29, 1.82) is 0 Å². The Morgan fingerprint density at radius 3 is 2.92 bits per heavy atom. The minimum atomic E-state index is 0.0819. The molecule has 0 aliphatic rings. The van der Waals surface area contributed by atoms with Crippen LogP contribution < -0.4 is 5.32 Å². The summed E-state index contributed by atoms with van der Waals surface area (Å²) in [5.74, 6) is 2.67. The van der Waals surface area contributed by atoms with E-state index >= 15 is 0 Å². The van der Waals surface area contributed by atoms with Crippen molar-refractivity contribution in [1.82, 2.24) is 0 Å². The van der Waals surface area contributed by atoms with E-state index in [0.717, 1.165) is 17.1 Å². The number of benzene rings is 1. The molecule has 1 N–H and O–H groups in total. The highest BCUT2D eigenvalue weighted by molar-refractivity contribution is 6.30. The molecule has 1 atom stereocenters. The quantitative estimate of drug-likeness (QED) is 0.728. The largest absolute Gasteiger partial charge is 0.372 e. The van der Waals surface area contributed by atoms with Gasteiger partial charge in [-0.05, 0) is 24.6 Å². The number of terminal acetylenes is 1. The summed E-state index contributed by atoms with van der Waals surface area (Å²) in [7, 11) is 0. The lowest BCUT2D eigenvalue weighted by molar-refractivity contribution is 0.858. The van der Waals surface area contributed by atoms with Crippen molar-refractivity contribution in [2.45, 2.75) is 19.4 Å². The van der Waals surface area contributed by atoms with Crippen LogP contribution in [0.5, 0.6) is 0 Å². The van der Waals surface area contributed by atoms with E-state index in [1.165, 1.54) is 0 Å². The normalized spacial score (nSPS) is 11.8. The Bertz CT molecular complexity index is 314. The third-order valence-corrected chi connectivity index (χ3v) is 2.01. The molecule has 0 aliphatic carbocycles. The van der Waals surface area contributed by atoms with Crippen LogP contribution in [0.1, 0.15) is 13.3 Å². The fraction of sp³-hybridized carbons (Fsp3) is 0.273. The minimum absolute atomic E-state index is 0.0819. The van der Waals surface area contributed by atoms with Gasteiger partial charge in [-0.3, -0.25) is 0 Å². The van der Waals surface area contributed by atoms with Gasteiger partial charge in [0, 0.05) is 10.7 Å². The maximum Gasteiger partial charge on any atom is 0.0871 e. The van der Waals surface area contributed by atoms with Gasteiger partial charge < -0.3 is 5.32 Å². The van der Waals surface area contributed by atoms with Crippen LogP contribution in [0.4, 0.5) is 5.69 Å². The maximum absolute atomic E-state index is 5.82. The van der Waals surface area contributed by atoms with Crippen LogP contribution in [0.15, 0.2) is 24.3 Å². The molecule has 0 radical (unpaired) electrons. The summed E-state index contributed by atoms with van der Waals surface area (Å²) >= 11 is 5.82. The third kappa shape index (κ3) is 3.01. The summed E-state index contributed by atoms with van der Waals surface area (Å²) in [4.78, 5) is 0. The van der Waals surface area contributed by atoms with E-state index in [9.17, 15) is 0 Å². The molecule has 0 fully saturated rings. The molecule has 0 bridgehead atoms. The number of rotatable bonds is 3. The van der Waals surface area contributed by atoms with Crippen LogP contribution in [0.25, 0.3) is 0 Å². The van der Waals surface area contributed by atoms with E-state index in [1.807, 2.05) is 31.2 Å². The first-order valence-corrected chi connectivity index (χ1v) is 4.62. The lowest BCUT2D eigenvalue weighted by Crippen LogP contribution is -2.15. The van der Waals surface area contributed by atoms with E-state index in [0.29, 0.717) is 0 Å². The predicted molar refractivity (Wildman–Crippen MR) is 58.0 cm³/mol. The summed E-state index contributed by atoms with van der Waals surface area (Å²) in [6, 6.07) is 7.63. The second kappa shape index (κ2) is 4.79. The van der Waals surface area contributed by atoms with Gasteiger partial charge in [0.25, 0.3) is 0 Å². The number of hydrogen-bond acceptors (Lipinski definition) is 1. The highest BCUT2D eigenvalue weighted by atomic mass is 35.5. The molecule has 68 valence electrons. The molecule has 0 spiro atoms. The molecule has 1 rings (SSSR count). The number of anilines is 1. The Kier molecular flexibility index (Phi) is 3.67. The van der Waals surface area contributed by atoms with Crippen LogP contribution in [0, 0.1) is 12.3 Å².